The van der Waals surface area contributed by atoms with Crippen molar-refractivity contribution in [3.63, 3.8) is 0 Å². The first-order valence-electron chi connectivity index (χ1n) is 7.00. The minimum absolute atomic E-state index is 0.0840. The molecule has 0 aliphatic carbocycles. The van der Waals surface area contributed by atoms with E-state index >= 15 is 0 Å². The SMILES string of the molecule is O=C(NS(=O)(=O)c1ccccc1)N1CCc2ccccc2C1. The number of hydrogen-bond acceptors (Lipinski definition) is 3. The highest BCUT2D eigenvalue weighted by atomic mass is 32.2. The molecule has 114 valence electrons. The lowest BCUT2D eigenvalue weighted by Crippen LogP contribution is -2.44. The van der Waals surface area contributed by atoms with E-state index in [9.17, 15) is 13.2 Å². The number of urea groups is 1. The van der Waals surface area contributed by atoms with E-state index in [1.165, 1.54) is 22.6 Å². The summed E-state index contributed by atoms with van der Waals surface area (Å²) >= 11 is 0. The maximum absolute atomic E-state index is 12.2. The number of carbonyl (C=O) groups is 1. The second-order valence-electron chi connectivity index (χ2n) is 5.16. The molecular weight excluding hydrogens is 300 g/mol. The summed E-state index contributed by atoms with van der Waals surface area (Å²) in [7, 11) is -3.83. The van der Waals surface area contributed by atoms with Gasteiger partial charge in [-0.1, -0.05) is 42.5 Å². The highest BCUT2D eigenvalue weighted by molar-refractivity contribution is 7.90. The maximum atomic E-state index is 12.2. The summed E-state index contributed by atoms with van der Waals surface area (Å²) in [4.78, 5) is 13.8. The van der Waals surface area contributed by atoms with Crippen molar-refractivity contribution in [2.24, 2.45) is 0 Å². The van der Waals surface area contributed by atoms with E-state index in [0.717, 1.165) is 12.0 Å². The summed E-state index contributed by atoms with van der Waals surface area (Å²) < 4.78 is 26.5. The quantitative estimate of drug-likeness (QED) is 0.923. The Bertz CT molecular complexity index is 788. The topological polar surface area (TPSA) is 66.5 Å². The largest absolute Gasteiger partial charge is 0.331 e. The van der Waals surface area contributed by atoms with Gasteiger partial charge in [-0.3, -0.25) is 0 Å². The fourth-order valence-corrected chi connectivity index (χ4v) is 3.50. The van der Waals surface area contributed by atoms with Crippen molar-refractivity contribution in [1.29, 1.82) is 0 Å². The molecule has 0 fully saturated rings. The molecule has 0 spiro atoms. The molecule has 0 saturated carbocycles. The van der Waals surface area contributed by atoms with Crippen molar-refractivity contribution >= 4 is 16.1 Å². The molecule has 1 heterocycles. The van der Waals surface area contributed by atoms with Crippen molar-refractivity contribution in [2.45, 2.75) is 17.9 Å². The molecule has 2 aromatic rings. The van der Waals surface area contributed by atoms with Gasteiger partial charge in [0, 0.05) is 13.1 Å². The average Bonchev–Trinajstić information content (AvgIpc) is 2.55. The molecule has 6 heteroatoms. The van der Waals surface area contributed by atoms with Crippen LogP contribution in [0.5, 0.6) is 0 Å². The fraction of sp³-hybridized carbons (Fsp3) is 0.188. The summed E-state index contributed by atoms with van der Waals surface area (Å²) in [6.07, 6.45) is 0.731. The zero-order valence-corrected chi connectivity index (χ0v) is 12.7. The Balaban J connectivity index is 1.74. The molecule has 5 nitrogen and oxygen atoms in total. The zero-order chi connectivity index (χ0) is 15.6. The van der Waals surface area contributed by atoms with E-state index in [2.05, 4.69) is 4.72 Å². The molecule has 1 aliphatic heterocycles. The summed E-state index contributed by atoms with van der Waals surface area (Å²) in [5.41, 5.74) is 2.26. The molecule has 3 rings (SSSR count). The molecule has 1 aliphatic rings. The third kappa shape index (κ3) is 2.96. The number of nitrogens with one attached hydrogen (secondary N) is 1. The third-order valence-corrected chi connectivity index (χ3v) is 5.03. The van der Waals surface area contributed by atoms with Crippen LogP contribution in [0.3, 0.4) is 0 Å². The van der Waals surface area contributed by atoms with Crippen LogP contribution in [0.25, 0.3) is 0 Å². The predicted molar refractivity (Wildman–Crippen MR) is 82.7 cm³/mol. The van der Waals surface area contributed by atoms with E-state index in [1.54, 1.807) is 18.2 Å². The lowest BCUT2D eigenvalue weighted by molar-refractivity contribution is 0.198. The number of fused-ring (bicyclic) bond motifs is 1. The summed E-state index contributed by atoms with van der Waals surface area (Å²) in [5.74, 6) is 0. The van der Waals surface area contributed by atoms with Gasteiger partial charge in [0.05, 0.1) is 4.90 Å². The third-order valence-electron chi connectivity index (χ3n) is 3.69. The number of amides is 2. The normalized spacial score (nSPS) is 14.3. The molecule has 2 aromatic carbocycles. The average molecular weight is 316 g/mol. The lowest BCUT2D eigenvalue weighted by atomic mass is 10.0. The predicted octanol–water partition coefficient (Wildman–Crippen LogP) is 2.14. The zero-order valence-electron chi connectivity index (χ0n) is 11.9. The first kappa shape index (κ1) is 14.6. The van der Waals surface area contributed by atoms with Gasteiger partial charge < -0.3 is 4.90 Å². The number of rotatable bonds is 2. The van der Waals surface area contributed by atoms with Crippen molar-refractivity contribution in [3.8, 4) is 0 Å². The Morgan fingerprint density at radius 3 is 2.32 bits per heavy atom. The van der Waals surface area contributed by atoms with Gasteiger partial charge in [-0.2, -0.15) is 0 Å². The summed E-state index contributed by atoms with van der Waals surface area (Å²) in [6, 6.07) is 15.2. The molecule has 0 unspecified atom stereocenters. The van der Waals surface area contributed by atoms with E-state index in [-0.39, 0.29) is 4.90 Å². The van der Waals surface area contributed by atoms with Crippen molar-refractivity contribution in [3.05, 3.63) is 65.7 Å². The van der Waals surface area contributed by atoms with Gasteiger partial charge >= 0.3 is 6.03 Å². The Morgan fingerprint density at radius 1 is 0.955 bits per heavy atom. The van der Waals surface area contributed by atoms with Crippen LogP contribution < -0.4 is 4.72 Å². The maximum Gasteiger partial charge on any atom is 0.331 e. The monoisotopic (exact) mass is 316 g/mol. The highest BCUT2D eigenvalue weighted by Crippen LogP contribution is 2.19. The number of hydrogen-bond donors (Lipinski definition) is 1. The highest BCUT2D eigenvalue weighted by Gasteiger charge is 2.24. The van der Waals surface area contributed by atoms with E-state index in [1.807, 2.05) is 24.3 Å². The number of nitrogens with zero attached hydrogens (tertiary/aromatic N) is 1. The van der Waals surface area contributed by atoms with Crippen LogP contribution >= 0.6 is 0 Å². The van der Waals surface area contributed by atoms with Crippen molar-refractivity contribution in [1.82, 2.24) is 9.62 Å². The van der Waals surface area contributed by atoms with Gasteiger partial charge in [-0.15, -0.1) is 0 Å². The number of sulfonamides is 1. The van der Waals surface area contributed by atoms with Crippen LogP contribution in [0.15, 0.2) is 59.5 Å². The second-order valence-corrected chi connectivity index (χ2v) is 6.85. The van der Waals surface area contributed by atoms with Crippen molar-refractivity contribution < 1.29 is 13.2 Å². The smallest absolute Gasteiger partial charge is 0.319 e. The molecule has 2 amide bonds. The molecule has 0 atom stereocenters. The van der Waals surface area contributed by atoms with Crippen molar-refractivity contribution in [2.75, 3.05) is 6.54 Å². The Labute approximate surface area is 129 Å². The van der Waals surface area contributed by atoms with E-state index < -0.39 is 16.1 Å². The van der Waals surface area contributed by atoms with E-state index in [0.29, 0.717) is 13.1 Å². The van der Waals surface area contributed by atoms with Crippen LogP contribution in [0.1, 0.15) is 11.1 Å². The van der Waals surface area contributed by atoms with Crippen LogP contribution in [0.4, 0.5) is 4.79 Å². The summed E-state index contributed by atoms with van der Waals surface area (Å²) in [5, 5.41) is 0. The molecule has 0 bridgehead atoms. The molecule has 22 heavy (non-hydrogen) atoms. The standard InChI is InChI=1S/C16H16N2O3S/c19-16(17-22(20,21)15-8-2-1-3-9-15)18-11-10-13-6-4-5-7-14(13)12-18/h1-9H,10-12H2,(H,17,19). The summed E-state index contributed by atoms with van der Waals surface area (Å²) in [6.45, 7) is 0.930. The first-order chi connectivity index (χ1) is 10.6. The Morgan fingerprint density at radius 2 is 1.59 bits per heavy atom. The molecule has 0 aromatic heterocycles. The van der Waals surface area contributed by atoms with Gasteiger partial charge in [-0.05, 0) is 29.7 Å². The second kappa shape index (κ2) is 5.81. The first-order valence-corrected chi connectivity index (χ1v) is 8.48. The van der Waals surface area contributed by atoms with Crippen LogP contribution in [0.2, 0.25) is 0 Å². The fourth-order valence-electron chi connectivity index (χ4n) is 2.51. The van der Waals surface area contributed by atoms with Crippen LogP contribution in [0, 0.1) is 0 Å². The van der Waals surface area contributed by atoms with Gasteiger partial charge in [0.15, 0.2) is 0 Å². The van der Waals surface area contributed by atoms with Gasteiger partial charge in [0.25, 0.3) is 10.0 Å². The van der Waals surface area contributed by atoms with Crippen LogP contribution in [-0.2, 0) is 23.0 Å². The number of benzene rings is 2. The lowest BCUT2D eigenvalue weighted by Gasteiger charge is -2.28. The van der Waals surface area contributed by atoms with E-state index in [4.69, 9.17) is 0 Å². The van der Waals surface area contributed by atoms with Crippen LogP contribution in [-0.4, -0.2) is 25.9 Å². The minimum atomic E-state index is -3.83. The number of carbonyl (C=O) groups excluding carboxylic acids is 1. The van der Waals surface area contributed by atoms with Gasteiger partial charge in [0.2, 0.25) is 0 Å². The molecule has 0 saturated heterocycles. The van der Waals surface area contributed by atoms with Gasteiger partial charge in [-0.25, -0.2) is 17.9 Å². The molecule has 1 N–H and O–H groups in total. The Hall–Kier alpha value is -2.34. The Kier molecular flexibility index (Phi) is 3.85. The minimum Gasteiger partial charge on any atom is -0.319 e. The molecule has 0 radical (unpaired) electrons. The van der Waals surface area contributed by atoms with Gasteiger partial charge in [0.1, 0.15) is 0 Å². The molecular formula is C16H16N2O3S.